The Morgan fingerprint density at radius 2 is 1.12 bits per heavy atom. The Hall–Kier alpha value is -3.01. The minimum absolute atomic E-state index is 0.0627. The van der Waals surface area contributed by atoms with Gasteiger partial charge >= 0.3 is 0 Å². The van der Waals surface area contributed by atoms with E-state index in [1.165, 1.54) is 34.6 Å². The Morgan fingerprint density at radius 3 is 1.62 bits per heavy atom. The average molecular weight is 345 g/mol. The van der Waals surface area contributed by atoms with Gasteiger partial charge in [0.1, 0.15) is 18.1 Å². The average Bonchev–Trinajstić information content (AvgIpc) is 2.68. The van der Waals surface area contributed by atoms with Gasteiger partial charge in [-0.05, 0) is 36.4 Å². The number of fused-ring (bicyclic) bond motifs is 6. The number of hydrogen-bond acceptors (Lipinski definition) is 3. The van der Waals surface area contributed by atoms with Gasteiger partial charge in [-0.25, -0.2) is 4.39 Å². The van der Waals surface area contributed by atoms with Crippen LogP contribution in [0, 0.1) is 5.82 Å². The Bertz CT molecular complexity index is 912. The standard InChI is InChI=1S/C22H20FN3/c1-24-19-9-5-3-7-17(19)22-25(2)20-10-6-4-8-18(20)21(24)26(22)16-13-11-15(23)12-14-16/h3-14,21-22H,1-2H3. The molecule has 0 N–H and O–H groups in total. The quantitative estimate of drug-likeness (QED) is 0.619. The minimum atomic E-state index is -0.210. The second kappa shape index (κ2) is 5.49. The highest BCUT2D eigenvalue weighted by molar-refractivity contribution is 5.74. The molecule has 3 aromatic rings. The van der Waals surface area contributed by atoms with Crippen molar-refractivity contribution in [3.05, 3.63) is 89.7 Å². The first-order valence-electron chi connectivity index (χ1n) is 8.84. The van der Waals surface area contributed by atoms with E-state index in [0.29, 0.717) is 0 Å². The number of nitrogens with zero attached hydrogens (tertiary/aromatic N) is 3. The Labute approximate surface area is 152 Å². The first kappa shape index (κ1) is 15.3. The van der Waals surface area contributed by atoms with Crippen LogP contribution >= 0.6 is 0 Å². The molecule has 2 aliphatic rings. The van der Waals surface area contributed by atoms with Gasteiger partial charge in [0, 0.05) is 42.3 Å². The van der Waals surface area contributed by atoms with Gasteiger partial charge in [-0.3, -0.25) is 0 Å². The van der Waals surface area contributed by atoms with Crippen LogP contribution in [0.25, 0.3) is 0 Å². The molecule has 4 heteroatoms. The third-order valence-electron chi connectivity index (χ3n) is 5.58. The van der Waals surface area contributed by atoms with Crippen LogP contribution in [0.15, 0.2) is 72.8 Å². The molecule has 0 saturated heterocycles. The molecule has 2 bridgehead atoms. The van der Waals surface area contributed by atoms with E-state index in [4.69, 9.17) is 0 Å². The summed E-state index contributed by atoms with van der Waals surface area (Å²) in [6.07, 6.45) is 0.125. The van der Waals surface area contributed by atoms with Crippen LogP contribution in [0.5, 0.6) is 0 Å². The molecule has 2 atom stereocenters. The molecule has 0 saturated carbocycles. The van der Waals surface area contributed by atoms with E-state index in [9.17, 15) is 4.39 Å². The molecule has 5 rings (SSSR count). The summed E-state index contributed by atoms with van der Waals surface area (Å²) in [5.41, 5.74) is 6.01. The van der Waals surface area contributed by atoms with E-state index in [1.54, 1.807) is 0 Å². The van der Waals surface area contributed by atoms with Crippen molar-refractivity contribution in [3.63, 3.8) is 0 Å². The molecule has 0 aromatic heterocycles. The smallest absolute Gasteiger partial charge is 0.132 e. The molecule has 26 heavy (non-hydrogen) atoms. The lowest BCUT2D eigenvalue weighted by Gasteiger charge is -2.56. The van der Waals surface area contributed by atoms with Crippen molar-refractivity contribution >= 4 is 17.1 Å². The molecular formula is C22H20FN3. The normalized spacial score (nSPS) is 20.7. The summed E-state index contributed by atoms with van der Waals surface area (Å²) in [4.78, 5) is 7.02. The summed E-state index contributed by atoms with van der Waals surface area (Å²) in [6.45, 7) is 0. The number of rotatable bonds is 1. The summed E-state index contributed by atoms with van der Waals surface area (Å²) in [5, 5.41) is 0. The van der Waals surface area contributed by atoms with E-state index in [0.717, 1.165) is 5.69 Å². The van der Waals surface area contributed by atoms with Gasteiger partial charge < -0.3 is 14.7 Å². The SMILES string of the molecule is CN1c2ccccc2C2N(C)c3ccccc3C1N2c1ccc(F)cc1. The first-order valence-corrected chi connectivity index (χ1v) is 8.84. The minimum Gasteiger partial charge on any atom is -0.350 e. The molecule has 0 radical (unpaired) electrons. The maximum Gasteiger partial charge on any atom is 0.132 e. The first-order chi connectivity index (χ1) is 12.7. The molecule has 2 unspecified atom stereocenters. The van der Waals surface area contributed by atoms with Gasteiger partial charge in [0.15, 0.2) is 0 Å². The monoisotopic (exact) mass is 345 g/mol. The van der Waals surface area contributed by atoms with Crippen LogP contribution in [0.4, 0.5) is 21.5 Å². The van der Waals surface area contributed by atoms with Crippen molar-refractivity contribution in [1.82, 2.24) is 0 Å². The number of halogens is 1. The van der Waals surface area contributed by atoms with Crippen LogP contribution in [0.1, 0.15) is 23.5 Å². The summed E-state index contributed by atoms with van der Waals surface area (Å²) < 4.78 is 13.5. The second-order valence-electron chi connectivity index (χ2n) is 6.97. The molecule has 2 aliphatic heterocycles. The number of benzene rings is 3. The molecule has 0 aliphatic carbocycles. The fourth-order valence-corrected chi connectivity index (χ4v) is 4.44. The second-order valence-corrected chi connectivity index (χ2v) is 6.97. The summed E-state index contributed by atoms with van der Waals surface area (Å²) in [6, 6.07) is 23.9. The molecule has 3 nitrogen and oxygen atoms in total. The predicted octanol–water partition coefficient (Wildman–Crippen LogP) is 4.93. The lowest BCUT2D eigenvalue weighted by atomic mass is 9.92. The third kappa shape index (κ3) is 1.99. The Kier molecular flexibility index (Phi) is 3.23. The lowest BCUT2D eigenvalue weighted by Crippen LogP contribution is -2.55. The van der Waals surface area contributed by atoms with E-state index in [2.05, 4.69) is 77.3 Å². The third-order valence-corrected chi connectivity index (χ3v) is 5.58. The zero-order valence-electron chi connectivity index (χ0n) is 14.8. The highest BCUT2D eigenvalue weighted by atomic mass is 19.1. The maximum absolute atomic E-state index is 13.5. The van der Waals surface area contributed by atoms with Gasteiger partial charge in [-0.1, -0.05) is 36.4 Å². The van der Waals surface area contributed by atoms with Crippen LogP contribution in [0.2, 0.25) is 0 Å². The summed E-state index contributed by atoms with van der Waals surface area (Å²) >= 11 is 0. The maximum atomic E-state index is 13.5. The molecule has 0 spiro atoms. The van der Waals surface area contributed by atoms with Gasteiger partial charge in [-0.15, -0.1) is 0 Å². The zero-order chi connectivity index (χ0) is 17.8. The van der Waals surface area contributed by atoms with E-state index < -0.39 is 0 Å². The molecular weight excluding hydrogens is 325 g/mol. The van der Waals surface area contributed by atoms with E-state index >= 15 is 0 Å². The van der Waals surface area contributed by atoms with Gasteiger partial charge in [0.25, 0.3) is 0 Å². The topological polar surface area (TPSA) is 9.72 Å². The largest absolute Gasteiger partial charge is 0.350 e. The van der Waals surface area contributed by atoms with Crippen molar-refractivity contribution in [3.8, 4) is 0 Å². The van der Waals surface area contributed by atoms with Crippen LogP contribution in [0.3, 0.4) is 0 Å². The van der Waals surface area contributed by atoms with Crippen molar-refractivity contribution < 1.29 is 4.39 Å². The Morgan fingerprint density at radius 1 is 0.654 bits per heavy atom. The molecule has 0 fully saturated rings. The molecule has 130 valence electrons. The van der Waals surface area contributed by atoms with E-state index in [1.807, 2.05) is 12.1 Å². The van der Waals surface area contributed by atoms with Crippen LogP contribution < -0.4 is 14.7 Å². The van der Waals surface area contributed by atoms with Crippen molar-refractivity contribution in [2.75, 3.05) is 28.8 Å². The van der Waals surface area contributed by atoms with Gasteiger partial charge in [-0.2, -0.15) is 0 Å². The predicted molar refractivity (Wildman–Crippen MR) is 104 cm³/mol. The lowest BCUT2D eigenvalue weighted by molar-refractivity contribution is 0.464. The fraction of sp³-hybridized carbons (Fsp3) is 0.182. The Balaban J connectivity index is 1.79. The molecule has 3 aromatic carbocycles. The highest BCUT2D eigenvalue weighted by Crippen LogP contribution is 2.53. The number of hydrogen-bond donors (Lipinski definition) is 0. The van der Waals surface area contributed by atoms with Crippen molar-refractivity contribution in [1.29, 1.82) is 0 Å². The van der Waals surface area contributed by atoms with Crippen LogP contribution in [-0.2, 0) is 0 Å². The fourth-order valence-electron chi connectivity index (χ4n) is 4.44. The van der Waals surface area contributed by atoms with Crippen molar-refractivity contribution in [2.24, 2.45) is 0 Å². The molecule has 2 heterocycles. The van der Waals surface area contributed by atoms with E-state index in [-0.39, 0.29) is 18.1 Å². The zero-order valence-corrected chi connectivity index (χ0v) is 14.8. The number of para-hydroxylation sites is 2. The van der Waals surface area contributed by atoms with Crippen LogP contribution in [-0.4, -0.2) is 14.1 Å². The van der Waals surface area contributed by atoms with Crippen molar-refractivity contribution in [2.45, 2.75) is 12.3 Å². The summed E-state index contributed by atoms with van der Waals surface area (Å²) in [5.74, 6) is -0.210. The van der Waals surface area contributed by atoms with Gasteiger partial charge in [0.05, 0.1) is 0 Å². The number of anilines is 3. The highest BCUT2D eigenvalue weighted by Gasteiger charge is 2.45. The molecule has 0 amide bonds. The van der Waals surface area contributed by atoms with Gasteiger partial charge in [0.2, 0.25) is 0 Å². The summed E-state index contributed by atoms with van der Waals surface area (Å²) in [7, 11) is 4.27.